The van der Waals surface area contributed by atoms with Crippen molar-refractivity contribution < 1.29 is 18.7 Å². The van der Waals surface area contributed by atoms with E-state index in [9.17, 15) is 14.9 Å². The molecule has 0 saturated carbocycles. The molecule has 9 heteroatoms. The minimum Gasteiger partial charge on any atom is -0.462 e. The van der Waals surface area contributed by atoms with Crippen molar-refractivity contribution in [2.75, 3.05) is 17.2 Å². The molecule has 2 N–H and O–H groups in total. The monoisotopic (exact) mass is 483 g/mol. The number of ether oxygens (including phenoxy) is 1. The van der Waals surface area contributed by atoms with Crippen molar-refractivity contribution in [3.05, 3.63) is 81.0 Å². The SMILES string of the molecule is CCOC(=O)c1c(Nc2cccc(Cl)c2)oc(/C=C(\C#N)C(=O)Nc2ccc(C)cc2)c1Cl. The molecule has 3 rings (SSSR count). The number of esters is 1. The molecule has 0 unspecified atom stereocenters. The molecule has 0 aliphatic heterocycles. The van der Waals surface area contributed by atoms with Gasteiger partial charge in [0.05, 0.1) is 6.61 Å². The third-order valence-corrected chi connectivity index (χ3v) is 5.00. The van der Waals surface area contributed by atoms with Crippen LogP contribution >= 0.6 is 23.2 Å². The maximum Gasteiger partial charge on any atom is 0.345 e. The molecular weight excluding hydrogens is 465 g/mol. The fourth-order valence-corrected chi connectivity index (χ4v) is 3.25. The highest BCUT2D eigenvalue weighted by Gasteiger charge is 2.26. The number of hydrogen-bond acceptors (Lipinski definition) is 6. The lowest BCUT2D eigenvalue weighted by Crippen LogP contribution is -2.13. The Kier molecular flexibility index (Phi) is 7.78. The fraction of sp³-hybridized carbons (Fsp3) is 0.125. The molecule has 0 radical (unpaired) electrons. The Labute approximate surface area is 200 Å². The molecule has 7 nitrogen and oxygen atoms in total. The van der Waals surface area contributed by atoms with Gasteiger partial charge < -0.3 is 19.8 Å². The Balaban J connectivity index is 1.97. The van der Waals surface area contributed by atoms with Gasteiger partial charge in [0.15, 0.2) is 5.76 Å². The fourth-order valence-electron chi connectivity index (χ4n) is 2.81. The predicted molar refractivity (Wildman–Crippen MR) is 128 cm³/mol. The van der Waals surface area contributed by atoms with Crippen LogP contribution in [0.4, 0.5) is 17.3 Å². The van der Waals surface area contributed by atoms with Gasteiger partial charge in [-0.2, -0.15) is 5.26 Å². The van der Waals surface area contributed by atoms with Gasteiger partial charge in [-0.1, -0.05) is 47.0 Å². The maximum atomic E-state index is 12.6. The van der Waals surface area contributed by atoms with E-state index in [0.717, 1.165) is 11.6 Å². The first-order chi connectivity index (χ1) is 15.8. The van der Waals surface area contributed by atoms with Crippen molar-refractivity contribution >= 4 is 58.4 Å². The number of nitrogens with one attached hydrogen (secondary N) is 2. The van der Waals surface area contributed by atoms with Gasteiger partial charge in [0.2, 0.25) is 5.88 Å². The molecule has 0 fully saturated rings. The second-order valence-corrected chi connectivity index (χ2v) is 7.64. The number of benzene rings is 2. The largest absolute Gasteiger partial charge is 0.462 e. The van der Waals surface area contributed by atoms with E-state index >= 15 is 0 Å². The first-order valence-corrected chi connectivity index (χ1v) is 10.6. The van der Waals surface area contributed by atoms with Crippen LogP contribution in [0.25, 0.3) is 6.08 Å². The van der Waals surface area contributed by atoms with E-state index < -0.39 is 11.9 Å². The Morgan fingerprint density at radius 1 is 1.15 bits per heavy atom. The van der Waals surface area contributed by atoms with Gasteiger partial charge >= 0.3 is 5.97 Å². The van der Waals surface area contributed by atoms with Crippen LogP contribution in [0.5, 0.6) is 0 Å². The number of nitriles is 1. The molecule has 0 aliphatic carbocycles. The topological polar surface area (TPSA) is 104 Å². The van der Waals surface area contributed by atoms with E-state index in [1.54, 1.807) is 43.3 Å². The number of anilines is 3. The summed E-state index contributed by atoms with van der Waals surface area (Å²) in [5, 5.41) is 15.4. The molecule has 168 valence electrons. The van der Waals surface area contributed by atoms with Crippen molar-refractivity contribution in [2.24, 2.45) is 0 Å². The van der Waals surface area contributed by atoms with Crippen LogP contribution < -0.4 is 10.6 Å². The number of furan rings is 1. The highest BCUT2D eigenvalue weighted by atomic mass is 35.5. The summed E-state index contributed by atoms with van der Waals surface area (Å²) in [6, 6.07) is 15.6. The number of amides is 1. The zero-order valence-electron chi connectivity index (χ0n) is 17.7. The van der Waals surface area contributed by atoms with Gasteiger partial charge in [0, 0.05) is 22.5 Å². The third kappa shape index (κ3) is 5.95. The molecule has 0 saturated heterocycles. The van der Waals surface area contributed by atoms with Crippen LogP contribution in [0.1, 0.15) is 28.6 Å². The summed E-state index contributed by atoms with van der Waals surface area (Å²) in [6.45, 7) is 3.69. The summed E-state index contributed by atoms with van der Waals surface area (Å²) >= 11 is 12.4. The number of nitrogens with zero attached hydrogens (tertiary/aromatic N) is 1. The average molecular weight is 484 g/mol. The summed E-state index contributed by atoms with van der Waals surface area (Å²) in [5.41, 5.74) is 1.74. The van der Waals surface area contributed by atoms with E-state index in [1.807, 2.05) is 25.1 Å². The van der Waals surface area contributed by atoms with Crippen LogP contribution in [0, 0.1) is 18.3 Å². The lowest BCUT2D eigenvalue weighted by molar-refractivity contribution is -0.112. The number of carbonyl (C=O) groups is 2. The first-order valence-electron chi connectivity index (χ1n) is 9.84. The standard InChI is InChI=1S/C24H19Cl2N3O4/c1-3-32-24(31)20-21(26)19(33-23(20)29-18-6-4-5-16(25)12-18)11-15(13-27)22(30)28-17-9-7-14(2)8-10-17/h4-12,29H,3H2,1-2H3,(H,28,30)/b15-11+. The van der Waals surface area contributed by atoms with Crippen molar-refractivity contribution in [1.29, 1.82) is 5.26 Å². The zero-order chi connectivity index (χ0) is 24.0. The lowest BCUT2D eigenvalue weighted by Gasteiger charge is -2.06. The van der Waals surface area contributed by atoms with E-state index in [0.29, 0.717) is 16.4 Å². The molecule has 1 aromatic heterocycles. The molecule has 0 atom stereocenters. The van der Waals surface area contributed by atoms with E-state index in [1.165, 1.54) is 0 Å². The van der Waals surface area contributed by atoms with E-state index in [2.05, 4.69) is 10.6 Å². The molecule has 1 amide bonds. The minimum atomic E-state index is -0.724. The maximum absolute atomic E-state index is 12.6. The van der Waals surface area contributed by atoms with E-state index in [4.69, 9.17) is 32.4 Å². The normalized spacial score (nSPS) is 10.9. The second-order valence-electron chi connectivity index (χ2n) is 6.83. The quantitative estimate of drug-likeness (QED) is 0.230. The van der Waals surface area contributed by atoms with Crippen LogP contribution in [-0.4, -0.2) is 18.5 Å². The van der Waals surface area contributed by atoms with Crippen LogP contribution in [0.3, 0.4) is 0 Å². The van der Waals surface area contributed by atoms with Gasteiger partial charge in [-0.15, -0.1) is 0 Å². The molecular formula is C24H19Cl2N3O4. The Hall–Kier alpha value is -3.73. The number of rotatable bonds is 7. The van der Waals surface area contributed by atoms with Gasteiger partial charge in [-0.05, 0) is 44.2 Å². The third-order valence-electron chi connectivity index (χ3n) is 4.39. The summed E-state index contributed by atoms with van der Waals surface area (Å²) in [5.74, 6) is -1.45. The van der Waals surface area contributed by atoms with Gasteiger partial charge in [0.1, 0.15) is 22.2 Å². The average Bonchev–Trinajstić information content (AvgIpc) is 3.08. The predicted octanol–water partition coefficient (Wildman–Crippen LogP) is 6.36. The van der Waals surface area contributed by atoms with Crippen LogP contribution in [0.15, 0.2) is 58.5 Å². The number of halogens is 2. The van der Waals surface area contributed by atoms with E-state index in [-0.39, 0.29) is 34.4 Å². The van der Waals surface area contributed by atoms with Crippen molar-refractivity contribution in [2.45, 2.75) is 13.8 Å². The van der Waals surface area contributed by atoms with Crippen LogP contribution in [0.2, 0.25) is 10.0 Å². The number of hydrogen-bond donors (Lipinski definition) is 2. The molecule has 0 bridgehead atoms. The molecule has 3 aromatic rings. The zero-order valence-corrected chi connectivity index (χ0v) is 19.3. The molecule has 33 heavy (non-hydrogen) atoms. The Morgan fingerprint density at radius 3 is 2.52 bits per heavy atom. The van der Waals surface area contributed by atoms with Crippen molar-refractivity contribution in [1.82, 2.24) is 0 Å². The molecule has 0 aliphatic rings. The Bertz CT molecular complexity index is 1260. The van der Waals surface area contributed by atoms with Crippen LogP contribution in [-0.2, 0) is 9.53 Å². The Morgan fingerprint density at radius 2 is 1.88 bits per heavy atom. The smallest absolute Gasteiger partial charge is 0.345 e. The summed E-state index contributed by atoms with van der Waals surface area (Å²) in [7, 11) is 0. The van der Waals surface area contributed by atoms with Crippen molar-refractivity contribution in [3.8, 4) is 6.07 Å². The lowest BCUT2D eigenvalue weighted by atomic mass is 10.2. The molecule has 1 heterocycles. The van der Waals surface area contributed by atoms with Gasteiger partial charge in [-0.3, -0.25) is 4.79 Å². The number of aryl methyl sites for hydroxylation is 1. The van der Waals surface area contributed by atoms with Crippen molar-refractivity contribution in [3.63, 3.8) is 0 Å². The highest BCUT2D eigenvalue weighted by molar-refractivity contribution is 6.36. The summed E-state index contributed by atoms with van der Waals surface area (Å²) in [6.07, 6.45) is 1.16. The molecule has 0 spiro atoms. The molecule has 2 aromatic carbocycles. The summed E-state index contributed by atoms with van der Waals surface area (Å²) < 4.78 is 10.8. The number of carbonyl (C=O) groups excluding carboxylic acids is 2. The highest BCUT2D eigenvalue weighted by Crippen LogP contribution is 2.36. The van der Waals surface area contributed by atoms with Gasteiger partial charge in [-0.25, -0.2) is 4.79 Å². The minimum absolute atomic E-state index is 0.0109. The first kappa shape index (κ1) is 23.9. The second kappa shape index (κ2) is 10.7. The summed E-state index contributed by atoms with van der Waals surface area (Å²) in [4.78, 5) is 25.1. The van der Waals surface area contributed by atoms with Gasteiger partial charge in [0.25, 0.3) is 5.91 Å².